The van der Waals surface area contributed by atoms with Crippen LogP contribution in [-0.2, 0) is 6.61 Å². The van der Waals surface area contributed by atoms with E-state index < -0.39 is 0 Å². The van der Waals surface area contributed by atoms with Crippen molar-refractivity contribution in [2.75, 3.05) is 11.9 Å². The third-order valence-electron chi connectivity index (χ3n) is 2.69. The summed E-state index contributed by atoms with van der Waals surface area (Å²) in [5.74, 6) is 0. The van der Waals surface area contributed by atoms with Crippen LogP contribution in [-0.4, -0.2) is 23.2 Å². The van der Waals surface area contributed by atoms with Crippen molar-refractivity contribution in [3.63, 3.8) is 0 Å². The average Bonchev–Trinajstić information content (AvgIpc) is 2.59. The normalized spacial score (nSPS) is 12.9. The predicted octanol–water partition coefficient (Wildman–Crippen LogP) is 2.57. The van der Waals surface area contributed by atoms with E-state index in [1.54, 1.807) is 11.3 Å². The highest BCUT2D eigenvalue weighted by molar-refractivity contribution is 7.15. The molecular weight excluding hydrogens is 208 g/mol. The first kappa shape index (κ1) is 12.5. The van der Waals surface area contributed by atoms with Gasteiger partial charge in [-0.05, 0) is 20.3 Å². The second kappa shape index (κ2) is 5.47. The highest BCUT2D eigenvalue weighted by atomic mass is 32.1. The number of aryl methyl sites for hydroxylation is 1. The van der Waals surface area contributed by atoms with Gasteiger partial charge in [0.05, 0.1) is 17.2 Å². The summed E-state index contributed by atoms with van der Waals surface area (Å²) in [6.45, 7) is 6.44. The molecule has 0 spiro atoms. The third kappa shape index (κ3) is 2.92. The van der Waals surface area contributed by atoms with Gasteiger partial charge in [-0.25, -0.2) is 4.98 Å². The van der Waals surface area contributed by atoms with Gasteiger partial charge >= 0.3 is 0 Å². The number of anilines is 1. The topological polar surface area (TPSA) is 36.4 Å². The van der Waals surface area contributed by atoms with Crippen LogP contribution < -0.4 is 4.90 Å². The Balaban J connectivity index is 2.77. The van der Waals surface area contributed by atoms with E-state index in [0.717, 1.165) is 15.7 Å². The first-order valence-corrected chi connectivity index (χ1v) is 6.21. The molecule has 0 fully saturated rings. The van der Waals surface area contributed by atoms with Crippen molar-refractivity contribution in [3.05, 3.63) is 10.6 Å². The number of nitrogens with zero attached hydrogens (tertiary/aromatic N) is 2. The SMILES string of the molecule is CCCC(C)N(C)c1nc(C)c(CO)s1. The molecule has 1 aromatic heterocycles. The molecule has 0 amide bonds. The second-order valence-corrected chi connectivity index (χ2v) is 4.97. The molecule has 15 heavy (non-hydrogen) atoms. The highest BCUT2D eigenvalue weighted by Crippen LogP contribution is 2.27. The molecule has 1 N–H and O–H groups in total. The molecule has 1 aromatic rings. The van der Waals surface area contributed by atoms with Crippen LogP contribution in [0.2, 0.25) is 0 Å². The molecule has 0 saturated heterocycles. The summed E-state index contributed by atoms with van der Waals surface area (Å²) < 4.78 is 0. The predicted molar refractivity (Wildman–Crippen MR) is 65.5 cm³/mol. The van der Waals surface area contributed by atoms with Gasteiger partial charge < -0.3 is 10.0 Å². The maximum absolute atomic E-state index is 9.11. The summed E-state index contributed by atoms with van der Waals surface area (Å²) in [7, 11) is 2.07. The van der Waals surface area contributed by atoms with E-state index in [1.807, 2.05) is 6.92 Å². The Labute approximate surface area is 95.8 Å². The number of hydrogen-bond donors (Lipinski definition) is 1. The third-order valence-corrected chi connectivity index (χ3v) is 3.93. The van der Waals surface area contributed by atoms with Crippen molar-refractivity contribution in [2.24, 2.45) is 0 Å². The Morgan fingerprint density at radius 3 is 2.67 bits per heavy atom. The molecule has 86 valence electrons. The molecule has 1 atom stereocenters. The van der Waals surface area contributed by atoms with Crippen molar-refractivity contribution in [1.29, 1.82) is 0 Å². The van der Waals surface area contributed by atoms with Gasteiger partial charge in [0.2, 0.25) is 0 Å². The minimum Gasteiger partial charge on any atom is -0.391 e. The quantitative estimate of drug-likeness (QED) is 0.841. The summed E-state index contributed by atoms with van der Waals surface area (Å²) in [6, 6.07) is 0.507. The molecule has 0 aliphatic rings. The average molecular weight is 228 g/mol. The maximum atomic E-state index is 9.11. The van der Waals surface area contributed by atoms with E-state index in [2.05, 4.69) is 30.8 Å². The van der Waals surface area contributed by atoms with Gasteiger partial charge in [-0.2, -0.15) is 0 Å². The molecule has 0 aromatic carbocycles. The van der Waals surface area contributed by atoms with Crippen molar-refractivity contribution in [1.82, 2.24) is 4.98 Å². The fraction of sp³-hybridized carbons (Fsp3) is 0.727. The number of aromatic nitrogens is 1. The molecule has 1 rings (SSSR count). The first-order valence-electron chi connectivity index (χ1n) is 5.40. The van der Waals surface area contributed by atoms with Crippen LogP contribution >= 0.6 is 11.3 Å². The van der Waals surface area contributed by atoms with E-state index in [4.69, 9.17) is 5.11 Å². The van der Waals surface area contributed by atoms with Gasteiger partial charge in [-0.15, -0.1) is 0 Å². The zero-order valence-corrected chi connectivity index (χ0v) is 10.8. The summed E-state index contributed by atoms with van der Waals surface area (Å²) in [6.07, 6.45) is 2.35. The fourth-order valence-corrected chi connectivity index (χ4v) is 2.49. The summed E-state index contributed by atoms with van der Waals surface area (Å²) in [4.78, 5) is 7.64. The Kier molecular flexibility index (Phi) is 4.54. The molecule has 0 saturated carbocycles. The van der Waals surface area contributed by atoms with Crippen LogP contribution in [0.1, 0.15) is 37.3 Å². The molecule has 1 unspecified atom stereocenters. The van der Waals surface area contributed by atoms with Gasteiger partial charge in [0.1, 0.15) is 0 Å². The number of aliphatic hydroxyl groups excluding tert-OH is 1. The lowest BCUT2D eigenvalue weighted by Gasteiger charge is -2.23. The molecule has 0 bridgehead atoms. The largest absolute Gasteiger partial charge is 0.391 e. The van der Waals surface area contributed by atoms with Crippen LogP contribution in [0.4, 0.5) is 5.13 Å². The van der Waals surface area contributed by atoms with Crippen LogP contribution in [0.3, 0.4) is 0 Å². The molecule has 3 nitrogen and oxygen atoms in total. The number of hydrogen-bond acceptors (Lipinski definition) is 4. The van der Waals surface area contributed by atoms with E-state index in [-0.39, 0.29) is 6.61 Å². The summed E-state index contributed by atoms with van der Waals surface area (Å²) in [5.41, 5.74) is 0.952. The number of thiazole rings is 1. The Bertz CT molecular complexity index is 312. The monoisotopic (exact) mass is 228 g/mol. The number of rotatable bonds is 5. The molecular formula is C11H20N2OS. The Hall–Kier alpha value is -0.610. The Morgan fingerprint density at radius 1 is 1.53 bits per heavy atom. The Morgan fingerprint density at radius 2 is 2.20 bits per heavy atom. The van der Waals surface area contributed by atoms with Gasteiger partial charge in [-0.3, -0.25) is 0 Å². The van der Waals surface area contributed by atoms with Gasteiger partial charge in [0.15, 0.2) is 5.13 Å². The first-order chi connectivity index (χ1) is 7.10. The van der Waals surface area contributed by atoms with Crippen LogP contribution in [0.25, 0.3) is 0 Å². The van der Waals surface area contributed by atoms with E-state index in [0.29, 0.717) is 6.04 Å². The zero-order valence-electron chi connectivity index (χ0n) is 9.95. The lowest BCUT2D eigenvalue weighted by Crippen LogP contribution is -2.28. The molecule has 1 heterocycles. The lowest BCUT2D eigenvalue weighted by atomic mass is 10.2. The van der Waals surface area contributed by atoms with E-state index in [1.165, 1.54) is 12.8 Å². The van der Waals surface area contributed by atoms with Crippen LogP contribution in [0.15, 0.2) is 0 Å². The van der Waals surface area contributed by atoms with Crippen molar-refractivity contribution < 1.29 is 5.11 Å². The summed E-state index contributed by atoms with van der Waals surface area (Å²) in [5, 5.41) is 10.1. The van der Waals surface area contributed by atoms with Gasteiger partial charge in [0, 0.05) is 13.1 Å². The maximum Gasteiger partial charge on any atom is 0.185 e. The number of aliphatic hydroxyl groups is 1. The van der Waals surface area contributed by atoms with Gasteiger partial charge in [0.25, 0.3) is 0 Å². The smallest absolute Gasteiger partial charge is 0.185 e. The molecule has 0 radical (unpaired) electrons. The highest BCUT2D eigenvalue weighted by Gasteiger charge is 2.14. The van der Waals surface area contributed by atoms with E-state index >= 15 is 0 Å². The standard InChI is InChI=1S/C11H20N2OS/c1-5-6-8(2)13(4)11-12-9(3)10(7-14)15-11/h8,14H,5-7H2,1-4H3. The minimum absolute atomic E-state index is 0.0967. The summed E-state index contributed by atoms with van der Waals surface area (Å²) >= 11 is 1.59. The van der Waals surface area contributed by atoms with Crippen molar-refractivity contribution >= 4 is 16.5 Å². The van der Waals surface area contributed by atoms with Crippen LogP contribution in [0, 0.1) is 6.92 Å². The molecule has 0 aliphatic heterocycles. The van der Waals surface area contributed by atoms with Crippen LogP contribution in [0.5, 0.6) is 0 Å². The molecule has 4 heteroatoms. The minimum atomic E-state index is 0.0967. The zero-order chi connectivity index (χ0) is 11.4. The van der Waals surface area contributed by atoms with Gasteiger partial charge in [-0.1, -0.05) is 24.7 Å². The van der Waals surface area contributed by atoms with E-state index in [9.17, 15) is 0 Å². The van der Waals surface area contributed by atoms with Crippen molar-refractivity contribution in [2.45, 2.75) is 46.3 Å². The fourth-order valence-electron chi connectivity index (χ4n) is 1.51. The second-order valence-electron chi connectivity index (χ2n) is 3.91. The lowest BCUT2D eigenvalue weighted by molar-refractivity contribution is 0.284. The molecule has 0 aliphatic carbocycles. The van der Waals surface area contributed by atoms with Crippen molar-refractivity contribution in [3.8, 4) is 0 Å².